The van der Waals surface area contributed by atoms with E-state index in [0.29, 0.717) is 26.2 Å². The van der Waals surface area contributed by atoms with Crippen molar-refractivity contribution in [2.24, 2.45) is 5.10 Å². The molecule has 0 fully saturated rings. The summed E-state index contributed by atoms with van der Waals surface area (Å²) in [6.07, 6.45) is 1.68. The fourth-order valence-electron chi connectivity index (χ4n) is 2.06. The first-order valence-corrected chi connectivity index (χ1v) is 8.06. The van der Waals surface area contributed by atoms with Gasteiger partial charge in [0.2, 0.25) is 4.77 Å². The molecule has 3 aromatic rings. The van der Waals surface area contributed by atoms with Gasteiger partial charge in [-0.05, 0) is 60.2 Å². The molecule has 0 aliphatic heterocycles. The molecule has 1 heterocycles. The molecular formula is C16H12Cl2N4OS. The normalized spacial score (nSPS) is 11.1. The highest BCUT2D eigenvalue weighted by Gasteiger charge is 2.12. The van der Waals surface area contributed by atoms with Crippen molar-refractivity contribution >= 4 is 41.6 Å². The summed E-state index contributed by atoms with van der Waals surface area (Å²) < 4.78 is 7.00. The number of halogens is 2. The molecule has 3 rings (SSSR count). The van der Waals surface area contributed by atoms with Crippen LogP contribution in [0.25, 0.3) is 11.4 Å². The third kappa shape index (κ3) is 3.51. The summed E-state index contributed by atoms with van der Waals surface area (Å²) in [5.41, 5.74) is 1.58. The number of hydrogen-bond acceptors (Lipinski definition) is 4. The summed E-state index contributed by atoms with van der Waals surface area (Å²) in [5.74, 6) is 1.28. The molecule has 0 spiro atoms. The molecule has 0 saturated heterocycles. The Bertz CT molecular complexity index is 947. The van der Waals surface area contributed by atoms with E-state index in [4.69, 9.17) is 40.2 Å². The van der Waals surface area contributed by atoms with Crippen LogP contribution in [0, 0.1) is 4.77 Å². The van der Waals surface area contributed by atoms with Crippen molar-refractivity contribution in [3.05, 3.63) is 62.8 Å². The Morgan fingerprint density at radius 2 is 1.96 bits per heavy atom. The summed E-state index contributed by atoms with van der Waals surface area (Å²) in [6.45, 7) is 0. The molecule has 24 heavy (non-hydrogen) atoms. The topological polar surface area (TPSA) is 55.2 Å². The van der Waals surface area contributed by atoms with Crippen LogP contribution in [-0.4, -0.2) is 28.2 Å². The van der Waals surface area contributed by atoms with Gasteiger partial charge in [-0.25, -0.2) is 5.10 Å². The van der Waals surface area contributed by atoms with Crippen molar-refractivity contribution in [1.82, 2.24) is 14.9 Å². The molecule has 0 atom stereocenters. The smallest absolute Gasteiger partial charge is 0.216 e. The van der Waals surface area contributed by atoms with Gasteiger partial charge in [0.15, 0.2) is 5.82 Å². The number of aromatic amines is 1. The Labute approximate surface area is 153 Å². The van der Waals surface area contributed by atoms with Crippen molar-refractivity contribution in [3.63, 3.8) is 0 Å². The quantitative estimate of drug-likeness (QED) is 0.523. The number of methoxy groups -OCH3 is 1. The van der Waals surface area contributed by atoms with Crippen LogP contribution in [0.5, 0.6) is 5.75 Å². The van der Waals surface area contributed by atoms with Crippen molar-refractivity contribution in [2.75, 3.05) is 7.11 Å². The maximum atomic E-state index is 6.24. The SMILES string of the molecule is COc1ccc(/C=N/n2c(-c3ccc(Cl)cc3Cl)n[nH]c2=S)cc1. The predicted octanol–water partition coefficient (Wildman–Crippen LogP) is 4.81. The van der Waals surface area contributed by atoms with Crippen LogP contribution < -0.4 is 4.74 Å². The van der Waals surface area contributed by atoms with Gasteiger partial charge in [-0.15, -0.1) is 0 Å². The van der Waals surface area contributed by atoms with Crippen LogP contribution in [0.2, 0.25) is 10.0 Å². The van der Waals surface area contributed by atoms with E-state index in [-0.39, 0.29) is 0 Å². The summed E-state index contributed by atoms with van der Waals surface area (Å²) in [4.78, 5) is 0. The molecular weight excluding hydrogens is 367 g/mol. The molecule has 8 heteroatoms. The van der Waals surface area contributed by atoms with E-state index < -0.39 is 0 Å². The molecule has 0 saturated carbocycles. The van der Waals surface area contributed by atoms with Crippen LogP contribution in [0.3, 0.4) is 0 Å². The van der Waals surface area contributed by atoms with E-state index in [1.807, 2.05) is 24.3 Å². The van der Waals surface area contributed by atoms with E-state index in [1.54, 1.807) is 31.5 Å². The van der Waals surface area contributed by atoms with Gasteiger partial charge in [0, 0.05) is 10.6 Å². The highest BCUT2D eigenvalue weighted by atomic mass is 35.5. The lowest BCUT2D eigenvalue weighted by atomic mass is 10.2. The molecule has 0 aliphatic carbocycles. The summed E-state index contributed by atoms with van der Waals surface area (Å²) in [7, 11) is 1.62. The van der Waals surface area contributed by atoms with Gasteiger partial charge in [-0.1, -0.05) is 23.2 Å². The van der Waals surface area contributed by atoms with Gasteiger partial charge in [0.25, 0.3) is 0 Å². The number of ether oxygens (including phenoxy) is 1. The number of nitrogens with one attached hydrogen (secondary N) is 1. The Balaban J connectivity index is 1.98. The van der Waals surface area contributed by atoms with Crippen LogP contribution in [0.15, 0.2) is 47.6 Å². The highest BCUT2D eigenvalue weighted by molar-refractivity contribution is 7.71. The maximum Gasteiger partial charge on any atom is 0.216 e. The molecule has 0 radical (unpaired) electrons. The largest absolute Gasteiger partial charge is 0.497 e. The van der Waals surface area contributed by atoms with Crippen molar-refractivity contribution in [2.45, 2.75) is 0 Å². The second kappa shape index (κ2) is 7.17. The zero-order chi connectivity index (χ0) is 17.1. The fourth-order valence-corrected chi connectivity index (χ4v) is 2.73. The van der Waals surface area contributed by atoms with E-state index in [9.17, 15) is 0 Å². The van der Waals surface area contributed by atoms with Gasteiger partial charge >= 0.3 is 0 Å². The number of H-pyrrole nitrogens is 1. The first kappa shape index (κ1) is 16.7. The third-order valence-corrected chi connectivity index (χ3v) is 4.07. The summed E-state index contributed by atoms with van der Waals surface area (Å²) in [6, 6.07) is 12.6. The maximum absolute atomic E-state index is 6.24. The average Bonchev–Trinajstić information content (AvgIpc) is 2.94. The van der Waals surface area contributed by atoms with E-state index in [1.165, 1.54) is 4.68 Å². The number of rotatable bonds is 4. The van der Waals surface area contributed by atoms with E-state index in [0.717, 1.165) is 11.3 Å². The first-order chi connectivity index (χ1) is 11.6. The summed E-state index contributed by atoms with van der Waals surface area (Å²) >= 11 is 17.4. The Morgan fingerprint density at radius 3 is 2.62 bits per heavy atom. The Morgan fingerprint density at radius 1 is 1.21 bits per heavy atom. The first-order valence-electron chi connectivity index (χ1n) is 6.90. The lowest BCUT2D eigenvalue weighted by molar-refractivity contribution is 0.415. The van der Waals surface area contributed by atoms with Gasteiger partial charge < -0.3 is 4.74 Å². The lowest BCUT2D eigenvalue weighted by Crippen LogP contribution is -1.95. The predicted molar refractivity (Wildman–Crippen MR) is 98.9 cm³/mol. The summed E-state index contributed by atoms with van der Waals surface area (Å²) in [5, 5.41) is 12.3. The molecule has 0 unspecified atom stereocenters. The van der Waals surface area contributed by atoms with Gasteiger partial charge in [-0.2, -0.15) is 14.9 Å². The monoisotopic (exact) mass is 378 g/mol. The van der Waals surface area contributed by atoms with Crippen LogP contribution in [0.4, 0.5) is 0 Å². The zero-order valence-corrected chi connectivity index (χ0v) is 14.9. The molecule has 0 bridgehead atoms. The molecule has 0 aliphatic rings. The van der Waals surface area contributed by atoms with Crippen LogP contribution >= 0.6 is 35.4 Å². The average molecular weight is 379 g/mol. The van der Waals surface area contributed by atoms with Crippen molar-refractivity contribution < 1.29 is 4.74 Å². The number of hydrogen-bond donors (Lipinski definition) is 1. The molecule has 1 aromatic heterocycles. The number of aromatic nitrogens is 3. The van der Waals surface area contributed by atoms with Crippen LogP contribution in [-0.2, 0) is 0 Å². The Hall–Kier alpha value is -2.15. The number of nitrogens with zero attached hydrogens (tertiary/aromatic N) is 3. The third-order valence-electron chi connectivity index (χ3n) is 3.26. The second-order valence-corrected chi connectivity index (χ2v) is 6.04. The van der Waals surface area contributed by atoms with Gasteiger partial charge in [0.1, 0.15) is 5.75 Å². The minimum absolute atomic E-state index is 0.362. The van der Waals surface area contributed by atoms with E-state index in [2.05, 4.69) is 15.3 Å². The highest BCUT2D eigenvalue weighted by Crippen LogP contribution is 2.29. The molecule has 0 amide bonds. The van der Waals surface area contributed by atoms with Gasteiger partial charge in [-0.3, -0.25) is 0 Å². The minimum Gasteiger partial charge on any atom is -0.497 e. The Kier molecular flexibility index (Phi) is 4.99. The second-order valence-electron chi connectivity index (χ2n) is 4.81. The standard InChI is InChI=1S/C16H12Cl2N4OS/c1-23-12-5-2-10(3-6-12)9-19-22-15(20-21-16(22)24)13-7-4-11(17)8-14(13)18/h2-9H,1H3,(H,21,24)/b19-9+. The van der Waals surface area contributed by atoms with Crippen molar-refractivity contribution in [3.8, 4) is 17.1 Å². The zero-order valence-electron chi connectivity index (χ0n) is 12.5. The van der Waals surface area contributed by atoms with Gasteiger partial charge in [0.05, 0.1) is 18.3 Å². The van der Waals surface area contributed by atoms with Crippen LogP contribution in [0.1, 0.15) is 5.56 Å². The van der Waals surface area contributed by atoms with Crippen molar-refractivity contribution in [1.29, 1.82) is 0 Å². The molecule has 1 N–H and O–H groups in total. The lowest BCUT2D eigenvalue weighted by Gasteiger charge is -2.04. The minimum atomic E-state index is 0.362. The number of benzene rings is 2. The van der Waals surface area contributed by atoms with E-state index >= 15 is 0 Å². The molecule has 2 aromatic carbocycles. The molecule has 122 valence electrons. The fraction of sp³-hybridized carbons (Fsp3) is 0.0625. The molecule has 5 nitrogen and oxygen atoms in total.